The van der Waals surface area contributed by atoms with E-state index in [-0.39, 0.29) is 35.1 Å². The van der Waals surface area contributed by atoms with Crippen LogP contribution in [-0.4, -0.2) is 39.4 Å². The molecule has 0 saturated heterocycles. The predicted molar refractivity (Wildman–Crippen MR) is 104 cm³/mol. The number of hydrogen-bond donors (Lipinski definition) is 3. The van der Waals surface area contributed by atoms with Gasteiger partial charge in [0.25, 0.3) is 0 Å². The third-order valence-corrected chi connectivity index (χ3v) is 5.62. The number of nitrogens with one attached hydrogen (secondary N) is 3. The lowest BCUT2D eigenvalue weighted by molar-refractivity contribution is 0.0966. The molecule has 0 radical (unpaired) electrons. The summed E-state index contributed by atoms with van der Waals surface area (Å²) in [6, 6.07) is 10.5. The Balaban J connectivity index is 1.35. The molecule has 2 atom stereocenters. The lowest BCUT2D eigenvalue weighted by Gasteiger charge is -2.16. The number of aromatic nitrogens is 2. The number of aromatic amines is 1. The molecule has 1 amide bonds. The second-order valence-electron chi connectivity index (χ2n) is 8.00. The molecule has 0 bridgehead atoms. The molecule has 1 heterocycles. The lowest BCUT2D eigenvalue weighted by Crippen LogP contribution is -2.36. The van der Waals surface area contributed by atoms with Gasteiger partial charge in [0.1, 0.15) is 17.5 Å². The molecule has 0 unspecified atom stereocenters. The van der Waals surface area contributed by atoms with Crippen molar-refractivity contribution < 1.29 is 14.3 Å². The Hall–Kier alpha value is -2.96. The number of Topliss-reactive ketones (excluding diaryl/α,β-unsaturated/α-hetero) is 1. The van der Waals surface area contributed by atoms with Crippen LogP contribution in [0.15, 0.2) is 36.4 Å². The summed E-state index contributed by atoms with van der Waals surface area (Å²) in [7, 11) is 0. The lowest BCUT2D eigenvalue weighted by atomic mass is 10.0. The van der Waals surface area contributed by atoms with Crippen molar-refractivity contribution in [2.45, 2.75) is 56.6 Å². The van der Waals surface area contributed by atoms with E-state index >= 15 is 0 Å². The van der Waals surface area contributed by atoms with Gasteiger partial charge in [0, 0.05) is 22.7 Å². The van der Waals surface area contributed by atoms with Crippen LogP contribution in [0.1, 0.15) is 66.7 Å². The highest BCUT2D eigenvalue weighted by Gasteiger charge is 2.40. The van der Waals surface area contributed by atoms with Crippen LogP contribution in [-0.2, 0) is 4.74 Å². The van der Waals surface area contributed by atoms with Crippen molar-refractivity contribution >= 4 is 17.6 Å². The molecule has 2 fully saturated rings. The molecule has 1 aromatic carbocycles. The number of rotatable bonds is 6. The van der Waals surface area contributed by atoms with E-state index in [0.29, 0.717) is 17.7 Å². The minimum absolute atomic E-state index is 0.0843. The van der Waals surface area contributed by atoms with Crippen molar-refractivity contribution in [2.24, 2.45) is 0 Å². The quantitative estimate of drug-likeness (QED) is 0.526. The van der Waals surface area contributed by atoms with Crippen LogP contribution < -0.4 is 5.32 Å². The smallest absolute Gasteiger partial charge is 0.407 e. The molecule has 3 N–H and O–H groups in total. The highest BCUT2D eigenvalue weighted by molar-refractivity contribution is 6.49. The van der Waals surface area contributed by atoms with Crippen LogP contribution in [0.5, 0.6) is 0 Å². The van der Waals surface area contributed by atoms with Gasteiger partial charge in [-0.25, -0.2) is 4.79 Å². The fourth-order valence-electron chi connectivity index (χ4n) is 3.59. The molecule has 28 heavy (non-hydrogen) atoms. The second kappa shape index (κ2) is 7.22. The highest BCUT2D eigenvalue weighted by Crippen LogP contribution is 2.37. The molecule has 7 heteroatoms. The van der Waals surface area contributed by atoms with Crippen molar-refractivity contribution in [3.63, 3.8) is 0 Å². The van der Waals surface area contributed by atoms with E-state index in [4.69, 9.17) is 10.1 Å². The fourth-order valence-corrected chi connectivity index (χ4v) is 3.59. The first-order valence-corrected chi connectivity index (χ1v) is 9.66. The number of benzene rings is 1. The molecule has 7 nitrogen and oxygen atoms in total. The first-order valence-electron chi connectivity index (χ1n) is 9.66. The van der Waals surface area contributed by atoms with Gasteiger partial charge < -0.3 is 10.1 Å². The number of carbonyl (C=O) groups is 2. The minimum Gasteiger partial charge on any atom is -0.446 e. The number of carbonyl (C=O) groups excluding carboxylic acids is 2. The summed E-state index contributed by atoms with van der Waals surface area (Å²) in [6.07, 6.45) is 3.92. The molecular weight excluding hydrogens is 356 g/mol. The van der Waals surface area contributed by atoms with Gasteiger partial charge in [-0.05, 0) is 45.1 Å². The van der Waals surface area contributed by atoms with Crippen molar-refractivity contribution in [1.82, 2.24) is 15.5 Å². The minimum atomic E-state index is -0.350. The van der Waals surface area contributed by atoms with E-state index in [1.807, 2.05) is 13.0 Å². The number of nitrogens with zero attached hydrogens (tertiary/aromatic N) is 1. The van der Waals surface area contributed by atoms with Crippen LogP contribution in [0, 0.1) is 5.41 Å². The van der Waals surface area contributed by atoms with Crippen molar-refractivity contribution in [2.75, 3.05) is 0 Å². The molecule has 4 rings (SSSR count). The summed E-state index contributed by atoms with van der Waals surface area (Å²) in [4.78, 5) is 24.4. The largest absolute Gasteiger partial charge is 0.446 e. The number of hydrogen-bond acceptors (Lipinski definition) is 5. The Kier molecular flexibility index (Phi) is 4.75. The monoisotopic (exact) mass is 380 g/mol. The van der Waals surface area contributed by atoms with Gasteiger partial charge in [-0.2, -0.15) is 5.10 Å². The van der Waals surface area contributed by atoms with E-state index in [0.717, 1.165) is 31.4 Å². The van der Waals surface area contributed by atoms with Crippen LogP contribution in [0.4, 0.5) is 4.79 Å². The van der Waals surface area contributed by atoms with Crippen LogP contribution in [0.3, 0.4) is 0 Å². The van der Waals surface area contributed by atoms with Crippen LogP contribution in [0.25, 0.3) is 0 Å². The zero-order valence-electron chi connectivity index (χ0n) is 15.8. The number of alkyl carbamates (subject to hydrolysis) is 1. The van der Waals surface area contributed by atoms with Crippen molar-refractivity contribution in [3.8, 4) is 0 Å². The number of H-pyrrole nitrogens is 1. The van der Waals surface area contributed by atoms with Gasteiger partial charge in [0.15, 0.2) is 0 Å². The molecule has 2 aliphatic carbocycles. The molecule has 2 saturated carbocycles. The second-order valence-corrected chi connectivity index (χ2v) is 8.00. The SMILES string of the molecule is CC1(NC(=O)O[C@@H]2CC[C@H](c3cc(C(=N)C(=O)c4ccccc4)n[nH]3)C2)CC1. The zero-order chi connectivity index (χ0) is 19.7. The van der Waals surface area contributed by atoms with Crippen LogP contribution >= 0.6 is 0 Å². The van der Waals surface area contributed by atoms with Crippen molar-refractivity contribution in [1.29, 1.82) is 5.41 Å². The van der Waals surface area contributed by atoms with Gasteiger partial charge >= 0.3 is 6.09 Å². The van der Waals surface area contributed by atoms with Gasteiger partial charge in [0.05, 0.1) is 0 Å². The molecule has 0 spiro atoms. The summed E-state index contributed by atoms with van der Waals surface area (Å²) >= 11 is 0. The summed E-state index contributed by atoms with van der Waals surface area (Å²) in [5, 5.41) is 18.2. The summed E-state index contributed by atoms with van der Waals surface area (Å²) in [5.41, 5.74) is 1.48. The van der Waals surface area contributed by atoms with Gasteiger partial charge in [0.2, 0.25) is 5.78 Å². The average molecular weight is 380 g/mol. The van der Waals surface area contributed by atoms with Gasteiger partial charge in [-0.15, -0.1) is 0 Å². The first-order chi connectivity index (χ1) is 13.4. The van der Waals surface area contributed by atoms with Gasteiger partial charge in [-0.3, -0.25) is 15.3 Å². The number of ether oxygens (including phenoxy) is 1. The first kappa shape index (κ1) is 18.4. The predicted octanol–water partition coefficient (Wildman–Crippen LogP) is 3.58. The Morgan fingerprint density at radius 1 is 1.25 bits per heavy atom. The summed E-state index contributed by atoms with van der Waals surface area (Å²) in [6.45, 7) is 2.02. The molecule has 1 aromatic heterocycles. The van der Waals surface area contributed by atoms with Crippen LogP contribution in [0.2, 0.25) is 0 Å². The maximum absolute atomic E-state index is 12.4. The normalized spacial score (nSPS) is 22.5. The van der Waals surface area contributed by atoms with Gasteiger partial charge in [-0.1, -0.05) is 30.3 Å². The zero-order valence-corrected chi connectivity index (χ0v) is 15.8. The Morgan fingerprint density at radius 3 is 2.71 bits per heavy atom. The molecular formula is C21H24N4O3. The maximum atomic E-state index is 12.4. The molecule has 2 aromatic rings. The Labute approximate surface area is 163 Å². The van der Waals surface area contributed by atoms with E-state index in [1.165, 1.54) is 0 Å². The summed E-state index contributed by atoms with van der Waals surface area (Å²) in [5.74, 6) is -0.174. The van der Waals surface area contributed by atoms with Crippen molar-refractivity contribution in [3.05, 3.63) is 53.3 Å². The number of amides is 1. The Bertz CT molecular complexity index is 901. The summed E-state index contributed by atoms with van der Waals surface area (Å²) < 4.78 is 5.55. The highest BCUT2D eigenvalue weighted by atomic mass is 16.6. The Morgan fingerprint density at radius 2 is 2.00 bits per heavy atom. The third kappa shape index (κ3) is 3.98. The number of ketones is 1. The standard InChI is InChI=1S/C21H24N4O3/c1-21(9-10-21)23-20(27)28-15-8-7-14(11-15)16-12-17(25-24-16)18(22)19(26)13-5-3-2-4-6-13/h2-6,12,14-15,22H,7-11H2,1H3,(H,23,27)(H,24,25)/t14-,15+/m0/s1. The van der Waals surface area contributed by atoms with E-state index in [9.17, 15) is 9.59 Å². The molecule has 146 valence electrons. The molecule has 0 aliphatic heterocycles. The fraction of sp³-hybridized carbons (Fsp3) is 0.429. The topological polar surface area (TPSA) is 108 Å². The maximum Gasteiger partial charge on any atom is 0.407 e. The average Bonchev–Trinajstić information content (AvgIpc) is 3.09. The van der Waals surface area contributed by atoms with E-state index in [2.05, 4.69) is 15.5 Å². The van der Waals surface area contributed by atoms with E-state index < -0.39 is 0 Å². The third-order valence-electron chi connectivity index (χ3n) is 5.62. The van der Waals surface area contributed by atoms with E-state index in [1.54, 1.807) is 30.3 Å². The molecule has 2 aliphatic rings.